The van der Waals surface area contributed by atoms with Gasteiger partial charge in [0.05, 0.1) is 6.04 Å². The van der Waals surface area contributed by atoms with Crippen LogP contribution in [0.25, 0.3) is 0 Å². The monoisotopic (exact) mass is 314 g/mol. The van der Waals surface area contributed by atoms with Crippen molar-refractivity contribution in [3.05, 3.63) is 29.2 Å². The molecule has 23 heavy (non-hydrogen) atoms. The average molecular weight is 314 g/mol. The summed E-state index contributed by atoms with van der Waals surface area (Å²) in [6.07, 6.45) is 6.30. The Kier molecular flexibility index (Phi) is 2.83. The molecule has 1 amide bonds. The molecule has 7 nitrogen and oxygen atoms in total. The van der Waals surface area contributed by atoms with Gasteiger partial charge >= 0.3 is 0 Å². The average Bonchev–Trinajstić information content (AvgIpc) is 3.43. The number of amides is 1. The minimum absolute atomic E-state index is 0.0964. The number of hydrogen-bond donors (Lipinski definition) is 0. The maximum Gasteiger partial charge on any atom is 0.276 e. The molecule has 1 unspecified atom stereocenters. The van der Waals surface area contributed by atoms with E-state index in [1.165, 1.54) is 0 Å². The number of carbonyl (C=O) groups is 1. The SMILES string of the molecule is O=C(c1cc(C2CC2)on1)N1CCCC1c1noc(C2CC2)n1. The number of nitrogens with zero attached hydrogens (tertiary/aromatic N) is 4. The molecule has 3 heterocycles. The van der Waals surface area contributed by atoms with Crippen LogP contribution in [0, 0.1) is 0 Å². The summed E-state index contributed by atoms with van der Waals surface area (Å²) in [4.78, 5) is 19.1. The summed E-state index contributed by atoms with van der Waals surface area (Å²) in [5.41, 5.74) is 0.393. The highest BCUT2D eigenvalue weighted by Gasteiger charge is 2.38. The van der Waals surface area contributed by atoms with Gasteiger partial charge in [0.1, 0.15) is 5.76 Å². The van der Waals surface area contributed by atoms with Crippen LogP contribution >= 0.6 is 0 Å². The minimum atomic E-state index is -0.111. The van der Waals surface area contributed by atoms with Gasteiger partial charge in [0, 0.05) is 24.4 Å². The van der Waals surface area contributed by atoms with Crippen LogP contribution in [0.2, 0.25) is 0 Å². The van der Waals surface area contributed by atoms with Crippen LogP contribution in [0.4, 0.5) is 0 Å². The summed E-state index contributed by atoms with van der Waals surface area (Å²) in [7, 11) is 0. The molecule has 1 saturated heterocycles. The predicted octanol–water partition coefficient (Wildman–Crippen LogP) is 2.79. The molecule has 2 aromatic heterocycles. The Morgan fingerprint density at radius 2 is 1.91 bits per heavy atom. The molecule has 2 aliphatic carbocycles. The predicted molar refractivity (Wildman–Crippen MR) is 77.8 cm³/mol. The quantitative estimate of drug-likeness (QED) is 0.862. The van der Waals surface area contributed by atoms with Crippen molar-refractivity contribution in [1.82, 2.24) is 20.2 Å². The molecule has 2 aromatic rings. The highest BCUT2D eigenvalue weighted by Crippen LogP contribution is 2.41. The zero-order valence-corrected chi connectivity index (χ0v) is 12.8. The van der Waals surface area contributed by atoms with E-state index in [4.69, 9.17) is 9.05 Å². The zero-order valence-electron chi connectivity index (χ0n) is 12.8. The van der Waals surface area contributed by atoms with Gasteiger partial charge in [-0.2, -0.15) is 4.98 Å². The van der Waals surface area contributed by atoms with Gasteiger partial charge in [-0.15, -0.1) is 0 Å². The lowest BCUT2D eigenvalue weighted by Crippen LogP contribution is -2.31. The summed E-state index contributed by atoms with van der Waals surface area (Å²) < 4.78 is 10.7. The summed E-state index contributed by atoms with van der Waals surface area (Å²) >= 11 is 0. The Labute approximate surface area is 133 Å². The molecule has 0 radical (unpaired) electrons. The topological polar surface area (TPSA) is 85.3 Å². The number of hydrogen-bond acceptors (Lipinski definition) is 6. The normalized spacial score (nSPS) is 24.3. The molecule has 0 spiro atoms. The van der Waals surface area contributed by atoms with Gasteiger partial charge in [0.25, 0.3) is 5.91 Å². The lowest BCUT2D eigenvalue weighted by Gasteiger charge is -2.20. The smallest absolute Gasteiger partial charge is 0.276 e. The Hall–Kier alpha value is -2.18. The molecule has 2 saturated carbocycles. The molecule has 1 aliphatic heterocycles. The van der Waals surface area contributed by atoms with Gasteiger partial charge in [0.2, 0.25) is 5.89 Å². The molecular formula is C16H18N4O3. The van der Waals surface area contributed by atoms with E-state index in [-0.39, 0.29) is 11.9 Å². The van der Waals surface area contributed by atoms with E-state index < -0.39 is 0 Å². The van der Waals surface area contributed by atoms with Crippen LogP contribution in [0.5, 0.6) is 0 Å². The first-order valence-electron chi connectivity index (χ1n) is 8.40. The second-order valence-electron chi connectivity index (χ2n) is 6.81. The van der Waals surface area contributed by atoms with E-state index in [0.29, 0.717) is 29.9 Å². The Morgan fingerprint density at radius 3 is 2.70 bits per heavy atom. The molecule has 3 fully saturated rings. The summed E-state index contributed by atoms with van der Waals surface area (Å²) in [6, 6.07) is 1.68. The highest BCUT2D eigenvalue weighted by atomic mass is 16.5. The fraction of sp³-hybridized carbons (Fsp3) is 0.625. The molecule has 0 bridgehead atoms. The number of rotatable bonds is 4. The molecule has 0 aromatic carbocycles. The first-order valence-corrected chi connectivity index (χ1v) is 8.40. The summed E-state index contributed by atoms with van der Waals surface area (Å²) in [5, 5.41) is 8.07. The number of carbonyl (C=O) groups excluding carboxylic acids is 1. The molecule has 1 atom stereocenters. The van der Waals surface area contributed by atoms with E-state index in [2.05, 4.69) is 15.3 Å². The minimum Gasteiger partial charge on any atom is -0.360 e. The van der Waals surface area contributed by atoms with Crippen LogP contribution in [-0.4, -0.2) is 32.6 Å². The molecule has 5 rings (SSSR count). The standard InChI is InChI=1S/C16H18N4O3/c21-16(11-8-13(22-18-11)9-3-4-9)20-7-1-2-12(20)14-17-15(23-19-14)10-5-6-10/h8-10,12H,1-7H2. The first kappa shape index (κ1) is 13.3. The molecular weight excluding hydrogens is 296 g/mol. The zero-order chi connectivity index (χ0) is 15.4. The van der Waals surface area contributed by atoms with Crippen LogP contribution < -0.4 is 0 Å². The molecule has 120 valence electrons. The van der Waals surface area contributed by atoms with Gasteiger partial charge < -0.3 is 13.9 Å². The second-order valence-corrected chi connectivity index (χ2v) is 6.81. The third-order valence-electron chi connectivity index (χ3n) is 4.92. The van der Waals surface area contributed by atoms with Crippen molar-refractivity contribution in [3.8, 4) is 0 Å². The van der Waals surface area contributed by atoms with Crippen molar-refractivity contribution >= 4 is 5.91 Å². The lowest BCUT2D eigenvalue weighted by atomic mass is 10.2. The summed E-state index contributed by atoms with van der Waals surface area (Å²) in [5.74, 6) is 2.97. The van der Waals surface area contributed by atoms with Crippen LogP contribution in [-0.2, 0) is 0 Å². The Bertz CT molecular complexity index is 744. The van der Waals surface area contributed by atoms with Gasteiger partial charge in [-0.25, -0.2) is 0 Å². The van der Waals surface area contributed by atoms with Crippen molar-refractivity contribution in [2.75, 3.05) is 6.54 Å². The maximum atomic E-state index is 12.8. The van der Waals surface area contributed by atoms with E-state index in [0.717, 1.165) is 50.2 Å². The number of likely N-dealkylation sites (tertiary alicyclic amines) is 1. The van der Waals surface area contributed by atoms with Crippen LogP contribution in [0.15, 0.2) is 15.1 Å². The molecule has 7 heteroatoms. The van der Waals surface area contributed by atoms with E-state index >= 15 is 0 Å². The van der Waals surface area contributed by atoms with Crippen molar-refractivity contribution < 1.29 is 13.8 Å². The van der Waals surface area contributed by atoms with Gasteiger partial charge in [-0.05, 0) is 38.5 Å². The number of aromatic nitrogens is 3. The molecule has 3 aliphatic rings. The van der Waals surface area contributed by atoms with Crippen molar-refractivity contribution in [1.29, 1.82) is 0 Å². The Balaban J connectivity index is 1.37. The van der Waals surface area contributed by atoms with Crippen molar-refractivity contribution in [2.24, 2.45) is 0 Å². The van der Waals surface area contributed by atoms with Crippen molar-refractivity contribution in [2.45, 2.75) is 56.4 Å². The summed E-state index contributed by atoms with van der Waals surface area (Å²) in [6.45, 7) is 0.697. The van der Waals surface area contributed by atoms with Gasteiger partial charge in [0.15, 0.2) is 11.5 Å². The van der Waals surface area contributed by atoms with Crippen molar-refractivity contribution in [3.63, 3.8) is 0 Å². The van der Waals surface area contributed by atoms with Gasteiger partial charge in [-0.1, -0.05) is 10.3 Å². The first-order chi connectivity index (χ1) is 11.3. The molecule has 0 N–H and O–H groups in total. The highest BCUT2D eigenvalue weighted by molar-refractivity contribution is 5.92. The van der Waals surface area contributed by atoms with Crippen LogP contribution in [0.3, 0.4) is 0 Å². The van der Waals surface area contributed by atoms with E-state index in [9.17, 15) is 4.79 Å². The van der Waals surface area contributed by atoms with Crippen LogP contribution in [0.1, 0.15) is 84.4 Å². The Morgan fingerprint density at radius 1 is 1.09 bits per heavy atom. The fourth-order valence-electron chi connectivity index (χ4n) is 3.25. The fourth-order valence-corrected chi connectivity index (χ4v) is 3.25. The largest absolute Gasteiger partial charge is 0.360 e. The maximum absolute atomic E-state index is 12.8. The van der Waals surface area contributed by atoms with E-state index in [1.54, 1.807) is 11.0 Å². The third kappa shape index (κ3) is 2.34. The van der Waals surface area contributed by atoms with Gasteiger partial charge in [-0.3, -0.25) is 4.79 Å². The van der Waals surface area contributed by atoms with E-state index in [1.807, 2.05) is 0 Å². The second kappa shape index (κ2) is 4.91. The lowest BCUT2D eigenvalue weighted by molar-refractivity contribution is 0.0717. The third-order valence-corrected chi connectivity index (χ3v) is 4.92.